The van der Waals surface area contributed by atoms with Crippen LogP contribution in [-0.2, 0) is 9.59 Å². The van der Waals surface area contributed by atoms with Gasteiger partial charge in [-0.05, 0) is 35.9 Å². The topological polar surface area (TPSA) is 95.8 Å². The molecule has 1 aliphatic heterocycles. The van der Waals surface area contributed by atoms with Crippen molar-refractivity contribution in [3.63, 3.8) is 0 Å². The van der Waals surface area contributed by atoms with E-state index in [2.05, 4.69) is 5.32 Å². The van der Waals surface area contributed by atoms with Gasteiger partial charge in [-0.2, -0.15) is 13.2 Å². The monoisotopic (exact) mass is 448 g/mol. The van der Waals surface area contributed by atoms with E-state index >= 15 is 0 Å². The van der Waals surface area contributed by atoms with Crippen LogP contribution in [0.25, 0.3) is 6.08 Å². The van der Waals surface area contributed by atoms with E-state index in [1.54, 1.807) is 30.3 Å². The van der Waals surface area contributed by atoms with E-state index in [9.17, 15) is 32.9 Å². The van der Waals surface area contributed by atoms with E-state index < -0.39 is 22.9 Å². The molecule has 0 atom stereocenters. The van der Waals surface area contributed by atoms with Crippen molar-refractivity contribution in [1.82, 2.24) is 4.90 Å². The SMILES string of the molecule is O=C(/C=C/c1cccc([N+](=O)[O-])c1)Nc1ccc(N2CCN(C(=O)C(F)(F)F)CC2)cc1. The summed E-state index contributed by atoms with van der Waals surface area (Å²) < 4.78 is 37.6. The molecule has 2 aromatic carbocycles. The first-order chi connectivity index (χ1) is 15.1. The summed E-state index contributed by atoms with van der Waals surface area (Å²) in [4.78, 5) is 36.3. The number of hydrogen-bond acceptors (Lipinski definition) is 5. The maximum absolute atomic E-state index is 12.5. The number of carbonyl (C=O) groups is 2. The van der Waals surface area contributed by atoms with E-state index in [4.69, 9.17) is 0 Å². The molecule has 2 aromatic rings. The highest BCUT2D eigenvalue weighted by Crippen LogP contribution is 2.23. The Bertz CT molecular complexity index is 1030. The average molecular weight is 448 g/mol. The van der Waals surface area contributed by atoms with Crippen LogP contribution in [0.15, 0.2) is 54.6 Å². The number of alkyl halides is 3. The quantitative estimate of drug-likeness (QED) is 0.429. The Kier molecular flexibility index (Phi) is 6.76. The van der Waals surface area contributed by atoms with E-state index in [0.29, 0.717) is 11.3 Å². The number of non-ortho nitro benzene ring substituents is 1. The normalized spacial score (nSPS) is 14.5. The summed E-state index contributed by atoms with van der Waals surface area (Å²) in [7, 11) is 0. The summed E-state index contributed by atoms with van der Waals surface area (Å²) >= 11 is 0. The highest BCUT2D eigenvalue weighted by molar-refractivity contribution is 6.02. The Morgan fingerprint density at radius 1 is 1.03 bits per heavy atom. The van der Waals surface area contributed by atoms with Crippen LogP contribution in [0.4, 0.5) is 30.2 Å². The van der Waals surface area contributed by atoms with Gasteiger partial charge >= 0.3 is 12.1 Å². The number of nitrogens with zero attached hydrogens (tertiary/aromatic N) is 3. The zero-order valence-corrected chi connectivity index (χ0v) is 16.7. The summed E-state index contributed by atoms with van der Waals surface area (Å²) in [6.45, 7) is 0.470. The number of benzene rings is 2. The molecule has 0 unspecified atom stereocenters. The third-order valence-corrected chi connectivity index (χ3v) is 4.82. The predicted octanol–water partition coefficient (Wildman–Crippen LogP) is 3.46. The maximum atomic E-state index is 12.5. The number of nitro benzene ring substituents is 1. The van der Waals surface area contributed by atoms with E-state index in [0.717, 1.165) is 10.6 Å². The van der Waals surface area contributed by atoms with Crippen LogP contribution in [0.3, 0.4) is 0 Å². The Morgan fingerprint density at radius 2 is 1.69 bits per heavy atom. The average Bonchev–Trinajstić information content (AvgIpc) is 2.77. The first-order valence-electron chi connectivity index (χ1n) is 9.58. The molecule has 32 heavy (non-hydrogen) atoms. The van der Waals surface area contributed by atoms with E-state index in [-0.39, 0.29) is 31.9 Å². The number of rotatable bonds is 5. The number of amides is 2. The number of halogens is 3. The summed E-state index contributed by atoms with van der Waals surface area (Å²) in [6.07, 6.45) is -2.16. The van der Waals surface area contributed by atoms with Crippen LogP contribution < -0.4 is 10.2 Å². The molecule has 11 heteroatoms. The molecule has 0 bridgehead atoms. The van der Waals surface area contributed by atoms with Crippen molar-refractivity contribution >= 4 is 35.0 Å². The number of hydrogen-bond donors (Lipinski definition) is 1. The third kappa shape index (κ3) is 5.84. The number of piperazine rings is 1. The minimum Gasteiger partial charge on any atom is -0.368 e. The smallest absolute Gasteiger partial charge is 0.368 e. The molecule has 0 saturated carbocycles. The van der Waals surface area contributed by atoms with Crippen LogP contribution in [0.2, 0.25) is 0 Å². The molecule has 3 rings (SSSR count). The maximum Gasteiger partial charge on any atom is 0.471 e. The Balaban J connectivity index is 1.54. The van der Waals surface area contributed by atoms with Gasteiger partial charge in [0.15, 0.2) is 0 Å². The van der Waals surface area contributed by atoms with Crippen LogP contribution in [0.1, 0.15) is 5.56 Å². The fourth-order valence-corrected chi connectivity index (χ4v) is 3.20. The fourth-order valence-electron chi connectivity index (χ4n) is 3.20. The third-order valence-electron chi connectivity index (χ3n) is 4.82. The Labute approximate surface area is 181 Å². The van der Waals surface area contributed by atoms with Crippen LogP contribution in [0, 0.1) is 10.1 Å². The van der Waals surface area contributed by atoms with Crippen molar-refractivity contribution in [2.75, 3.05) is 36.4 Å². The molecule has 2 amide bonds. The van der Waals surface area contributed by atoms with Gasteiger partial charge < -0.3 is 15.1 Å². The second-order valence-electron chi connectivity index (χ2n) is 7.00. The highest BCUT2D eigenvalue weighted by Gasteiger charge is 2.43. The zero-order valence-electron chi connectivity index (χ0n) is 16.7. The molecule has 1 aliphatic rings. The molecule has 0 aliphatic carbocycles. The molecule has 0 radical (unpaired) electrons. The summed E-state index contributed by atoms with van der Waals surface area (Å²) in [5.41, 5.74) is 1.70. The van der Waals surface area contributed by atoms with Crippen molar-refractivity contribution in [2.45, 2.75) is 6.18 Å². The van der Waals surface area contributed by atoms with Gasteiger partial charge in [-0.1, -0.05) is 12.1 Å². The first kappa shape index (κ1) is 22.8. The van der Waals surface area contributed by atoms with Crippen molar-refractivity contribution in [1.29, 1.82) is 0 Å². The lowest BCUT2D eigenvalue weighted by Gasteiger charge is -2.36. The van der Waals surface area contributed by atoms with Gasteiger partial charge in [-0.3, -0.25) is 19.7 Å². The van der Waals surface area contributed by atoms with Crippen molar-refractivity contribution < 1.29 is 27.7 Å². The molecule has 1 heterocycles. The lowest BCUT2D eigenvalue weighted by molar-refractivity contribution is -0.384. The molecular weight excluding hydrogens is 429 g/mol. The number of anilines is 2. The lowest BCUT2D eigenvalue weighted by Crippen LogP contribution is -2.52. The Morgan fingerprint density at radius 3 is 2.28 bits per heavy atom. The number of nitrogens with one attached hydrogen (secondary N) is 1. The second-order valence-corrected chi connectivity index (χ2v) is 7.00. The summed E-state index contributed by atoms with van der Waals surface area (Å²) in [5.74, 6) is -2.25. The zero-order chi connectivity index (χ0) is 23.3. The summed E-state index contributed by atoms with van der Waals surface area (Å²) in [5, 5.41) is 13.5. The largest absolute Gasteiger partial charge is 0.471 e. The van der Waals surface area contributed by atoms with Crippen LogP contribution >= 0.6 is 0 Å². The molecule has 1 saturated heterocycles. The van der Waals surface area contributed by atoms with Gasteiger partial charge in [0.05, 0.1) is 4.92 Å². The molecule has 1 fully saturated rings. The molecule has 168 valence electrons. The lowest BCUT2D eigenvalue weighted by atomic mass is 10.2. The molecule has 8 nitrogen and oxygen atoms in total. The van der Waals surface area contributed by atoms with Crippen LogP contribution in [0.5, 0.6) is 0 Å². The van der Waals surface area contributed by atoms with Crippen molar-refractivity contribution in [3.05, 3.63) is 70.3 Å². The highest BCUT2D eigenvalue weighted by atomic mass is 19.4. The van der Waals surface area contributed by atoms with Gasteiger partial charge in [-0.25, -0.2) is 0 Å². The molecule has 1 N–H and O–H groups in total. The minimum atomic E-state index is -4.87. The van der Waals surface area contributed by atoms with Gasteiger partial charge in [0.2, 0.25) is 5.91 Å². The standard InChI is InChI=1S/C21H19F3N4O4/c22-21(23,24)20(30)27-12-10-26(11-13-27)17-7-5-16(6-8-17)25-19(29)9-4-15-2-1-3-18(14-15)28(31)32/h1-9,14H,10-13H2,(H,25,29)/b9-4+. The van der Waals surface area contributed by atoms with E-state index in [1.165, 1.54) is 30.4 Å². The molecule has 0 aromatic heterocycles. The predicted molar refractivity (Wildman–Crippen MR) is 112 cm³/mol. The van der Waals surface area contributed by atoms with Gasteiger partial charge in [0.25, 0.3) is 5.69 Å². The Hall–Kier alpha value is -3.89. The van der Waals surface area contributed by atoms with E-state index in [1.807, 2.05) is 4.90 Å². The molecule has 0 spiro atoms. The van der Waals surface area contributed by atoms with Crippen molar-refractivity contribution in [2.24, 2.45) is 0 Å². The minimum absolute atomic E-state index is 0.0285. The van der Waals surface area contributed by atoms with Gasteiger partial charge in [0.1, 0.15) is 0 Å². The fraction of sp³-hybridized carbons (Fsp3) is 0.238. The van der Waals surface area contributed by atoms with Gasteiger partial charge in [0, 0.05) is 55.8 Å². The first-order valence-corrected chi connectivity index (χ1v) is 9.58. The van der Waals surface area contributed by atoms with Crippen molar-refractivity contribution in [3.8, 4) is 0 Å². The number of carbonyl (C=O) groups excluding carboxylic acids is 2. The van der Waals surface area contributed by atoms with Crippen LogP contribution in [-0.4, -0.2) is 54.0 Å². The van der Waals surface area contributed by atoms with Gasteiger partial charge in [-0.15, -0.1) is 0 Å². The number of nitro groups is 1. The second kappa shape index (κ2) is 9.50. The molecular formula is C21H19F3N4O4. The summed E-state index contributed by atoms with van der Waals surface area (Å²) in [6, 6.07) is 12.6.